The predicted octanol–water partition coefficient (Wildman–Crippen LogP) is 3.23. The van der Waals surface area contributed by atoms with Crippen LogP contribution in [-0.2, 0) is 21.4 Å². The highest BCUT2D eigenvalue weighted by Gasteiger charge is 2.18. The number of hydrogen-bond acceptors (Lipinski definition) is 5. The second kappa shape index (κ2) is 9.35. The fraction of sp³-hybridized carbons (Fsp3) is 0.120. The summed E-state index contributed by atoms with van der Waals surface area (Å²) in [5.74, 6) is -1.29. The second-order valence-electron chi connectivity index (χ2n) is 7.35. The Morgan fingerprint density at radius 3 is 2.55 bits per heavy atom. The minimum Gasteiger partial charge on any atom is -0.452 e. The van der Waals surface area contributed by atoms with E-state index in [1.165, 1.54) is 16.8 Å². The largest absolute Gasteiger partial charge is 0.452 e. The highest BCUT2D eigenvalue weighted by Crippen LogP contribution is 2.14. The van der Waals surface area contributed by atoms with Crippen LogP contribution in [0.25, 0.3) is 22.7 Å². The van der Waals surface area contributed by atoms with Gasteiger partial charge in [0.2, 0.25) is 0 Å². The molecule has 0 spiro atoms. The van der Waals surface area contributed by atoms with Gasteiger partial charge in [-0.25, -0.2) is 14.5 Å². The Kier molecular flexibility index (Phi) is 6.17. The van der Waals surface area contributed by atoms with Crippen molar-refractivity contribution in [3.63, 3.8) is 0 Å². The highest BCUT2D eigenvalue weighted by atomic mass is 16.5. The molecule has 0 aliphatic rings. The number of benzene rings is 2. The van der Waals surface area contributed by atoms with Crippen LogP contribution in [-0.4, -0.2) is 32.8 Å². The lowest BCUT2D eigenvalue weighted by Gasteiger charge is -2.07. The van der Waals surface area contributed by atoms with Gasteiger partial charge < -0.3 is 10.1 Å². The van der Waals surface area contributed by atoms with Crippen molar-refractivity contribution in [3.05, 3.63) is 94.5 Å². The van der Waals surface area contributed by atoms with Gasteiger partial charge in [-0.3, -0.25) is 14.3 Å². The number of rotatable bonds is 6. The van der Waals surface area contributed by atoms with Gasteiger partial charge in [0.15, 0.2) is 6.61 Å². The number of nitrogens with one attached hydrogen (secondary N) is 1. The number of carbonyl (C=O) groups is 2. The first-order chi connectivity index (χ1) is 15.9. The third-order valence-corrected chi connectivity index (χ3v) is 5.17. The summed E-state index contributed by atoms with van der Waals surface area (Å²) in [4.78, 5) is 41.6. The van der Waals surface area contributed by atoms with Crippen molar-refractivity contribution >= 4 is 34.5 Å². The van der Waals surface area contributed by atoms with Crippen LogP contribution in [0.3, 0.4) is 0 Å². The van der Waals surface area contributed by atoms with Crippen LogP contribution in [0.15, 0.2) is 77.6 Å². The van der Waals surface area contributed by atoms with Crippen molar-refractivity contribution in [2.75, 3.05) is 11.9 Å². The number of ether oxygens (including phenoxy) is 1. The normalized spacial score (nSPS) is 11.1. The molecule has 8 heteroatoms. The molecule has 0 unspecified atom stereocenters. The third kappa shape index (κ3) is 4.74. The van der Waals surface area contributed by atoms with E-state index in [-0.39, 0.29) is 11.2 Å². The molecule has 166 valence electrons. The summed E-state index contributed by atoms with van der Waals surface area (Å²) in [5.41, 5.74) is 2.42. The molecule has 4 rings (SSSR count). The number of amides is 1. The lowest BCUT2D eigenvalue weighted by Crippen LogP contribution is -2.25. The van der Waals surface area contributed by atoms with Gasteiger partial charge in [-0.05, 0) is 37.3 Å². The number of hydrogen-bond donors (Lipinski definition) is 1. The first-order valence-electron chi connectivity index (χ1n) is 10.3. The summed E-state index contributed by atoms with van der Waals surface area (Å²) in [7, 11) is 1.73. The number of carbonyl (C=O) groups excluding carboxylic acids is 2. The second-order valence-corrected chi connectivity index (χ2v) is 7.35. The van der Waals surface area contributed by atoms with Crippen LogP contribution in [0.4, 0.5) is 5.69 Å². The standard InChI is InChI=1S/C25H22N4O4/c1-17-24(25(32)29(28(17)2)20-9-4-3-5-10-20)27-22(30)16-33-23(31)15-14-19-13-12-18-8-6-7-11-21(18)26-19/h3-15H,16H2,1-2H3,(H,27,30)/b15-14+. The van der Waals surface area contributed by atoms with E-state index in [4.69, 9.17) is 4.74 Å². The van der Waals surface area contributed by atoms with Crippen LogP contribution < -0.4 is 10.9 Å². The van der Waals surface area contributed by atoms with Crippen LogP contribution in [0.1, 0.15) is 11.4 Å². The molecule has 33 heavy (non-hydrogen) atoms. The zero-order chi connectivity index (χ0) is 23.4. The van der Waals surface area contributed by atoms with Crippen LogP contribution in [0.5, 0.6) is 0 Å². The Morgan fingerprint density at radius 1 is 1.03 bits per heavy atom. The first kappa shape index (κ1) is 21.8. The maximum absolute atomic E-state index is 12.8. The summed E-state index contributed by atoms with van der Waals surface area (Å²) in [5, 5.41) is 3.55. The van der Waals surface area contributed by atoms with Gasteiger partial charge in [-0.2, -0.15) is 0 Å². The van der Waals surface area contributed by atoms with Crippen molar-refractivity contribution in [1.29, 1.82) is 0 Å². The number of para-hydroxylation sites is 2. The van der Waals surface area contributed by atoms with E-state index in [1.54, 1.807) is 36.9 Å². The summed E-state index contributed by atoms with van der Waals surface area (Å²) in [6, 6.07) is 20.4. The average molecular weight is 442 g/mol. The molecule has 1 amide bonds. The summed E-state index contributed by atoms with van der Waals surface area (Å²) >= 11 is 0. The molecule has 0 atom stereocenters. The summed E-state index contributed by atoms with van der Waals surface area (Å²) in [6.45, 7) is 1.20. The molecule has 2 aromatic carbocycles. The SMILES string of the molecule is Cc1c(NC(=O)COC(=O)/C=C/c2ccc3ccccc3n2)c(=O)n(-c2ccccc2)n1C. The highest BCUT2D eigenvalue weighted by molar-refractivity contribution is 5.95. The average Bonchev–Trinajstić information content (AvgIpc) is 3.04. The van der Waals surface area contributed by atoms with Gasteiger partial charge in [0.1, 0.15) is 5.69 Å². The number of aromatic nitrogens is 3. The van der Waals surface area contributed by atoms with E-state index in [0.29, 0.717) is 17.1 Å². The number of fused-ring (bicyclic) bond motifs is 1. The van der Waals surface area contributed by atoms with E-state index in [0.717, 1.165) is 10.9 Å². The Hall–Kier alpha value is -4.46. The van der Waals surface area contributed by atoms with E-state index in [1.807, 2.05) is 48.5 Å². The van der Waals surface area contributed by atoms with Gasteiger partial charge in [0.25, 0.3) is 11.5 Å². The molecule has 0 fully saturated rings. The Bertz CT molecular complexity index is 1420. The van der Waals surface area contributed by atoms with Gasteiger partial charge >= 0.3 is 5.97 Å². The zero-order valence-corrected chi connectivity index (χ0v) is 18.2. The molecule has 8 nitrogen and oxygen atoms in total. The smallest absolute Gasteiger partial charge is 0.331 e. The van der Waals surface area contributed by atoms with Gasteiger partial charge in [0.05, 0.1) is 22.6 Å². The van der Waals surface area contributed by atoms with Crippen molar-refractivity contribution < 1.29 is 14.3 Å². The number of pyridine rings is 1. The molecule has 2 heterocycles. The van der Waals surface area contributed by atoms with Crippen molar-refractivity contribution in [2.45, 2.75) is 6.92 Å². The lowest BCUT2D eigenvalue weighted by molar-refractivity contribution is -0.142. The Labute approximate surface area is 189 Å². The number of esters is 1. The van der Waals surface area contributed by atoms with Gasteiger partial charge in [-0.1, -0.05) is 42.5 Å². The third-order valence-electron chi connectivity index (χ3n) is 5.17. The van der Waals surface area contributed by atoms with E-state index in [9.17, 15) is 14.4 Å². The topological polar surface area (TPSA) is 95.2 Å². The zero-order valence-electron chi connectivity index (χ0n) is 18.2. The maximum atomic E-state index is 12.8. The molecule has 4 aromatic rings. The minimum atomic E-state index is -0.688. The maximum Gasteiger partial charge on any atom is 0.331 e. The molecular formula is C25H22N4O4. The minimum absolute atomic E-state index is 0.137. The molecule has 0 aliphatic heterocycles. The quantitative estimate of drug-likeness (QED) is 0.365. The van der Waals surface area contributed by atoms with E-state index in [2.05, 4.69) is 10.3 Å². The molecule has 1 N–H and O–H groups in total. The van der Waals surface area contributed by atoms with Gasteiger partial charge in [-0.15, -0.1) is 0 Å². The van der Waals surface area contributed by atoms with Crippen LogP contribution >= 0.6 is 0 Å². The summed E-state index contributed by atoms with van der Waals surface area (Å²) < 4.78 is 8.11. The fourth-order valence-corrected chi connectivity index (χ4v) is 3.40. The number of nitrogens with zero attached hydrogens (tertiary/aromatic N) is 3. The van der Waals surface area contributed by atoms with Crippen molar-refractivity contribution in [3.8, 4) is 5.69 Å². The summed E-state index contributed by atoms with van der Waals surface area (Å²) in [6.07, 6.45) is 2.73. The predicted molar refractivity (Wildman–Crippen MR) is 126 cm³/mol. The number of anilines is 1. The molecule has 0 aliphatic carbocycles. The molecule has 0 bridgehead atoms. The van der Waals surface area contributed by atoms with Gasteiger partial charge in [0, 0.05) is 18.5 Å². The molecule has 0 radical (unpaired) electrons. The molecule has 0 saturated carbocycles. The fourth-order valence-electron chi connectivity index (χ4n) is 3.40. The van der Waals surface area contributed by atoms with Crippen molar-refractivity contribution in [2.24, 2.45) is 7.05 Å². The first-order valence-corrected chi connectivity index (χ1v) is 10.3. The van der Waals surface area contributed by atoms with Crippen molar-refractivity contribution in [1.82, 2.24) is 14.3 Å². The monoisotopic (exact) mass is 442 g/mol. The molecule has 2 aromatic heterocycles. The molecule has 0 saturated heterocycles. The van der Waals surface area contributed by atoms with Crippen LogP contribution in [0, 0.1) is 6.92 Å². The Morgan fingerprint density at radius 2 is 1.76 bits per heavy atom. The van der Waals surface area contributed by atoms with E-state index < -0.39 is 18.5 Å². The van der Waals surface area contributed by atoms with E-state index >= 15 is 0 Å². The molecular weight excluding hydrogens is 420 g/mol. The lowest BCUT2D eigenvalue weighted by atomic mass is 10.2. The van der Waals surface area contributed by atoms with Crippen LogP contribution in [0.2, 0.25) is 0 Å². The Balaban J connectivity index is 1.39.